The van der Waals surface area contributed by atoms with E-state index in [1.165, 1.54) is 12.1 Å². The summed E-state index contributed by atoms with van der Waals surface area (Å²) >= 11 is 0. The first-order valence-electron chi connectivity index (χ1n) is 7.99. The lowest BCUT2D eigenvalue weighted by Crippen LogP contribution is -2.39. The van der Waals surface area contributed by atoms with Gasteiger partial charge in [-0.15, -0.1) is 0 Å². The Bertz CT molecular complexity index is 676. The predicted molar refractivity (Wildman–Crippen MR) is 93.3 cm³/mol. The van der Waals surface area contributed by atoms with E-state index in [9.17, 15) is 19.2 Å². The smallest absolute Gasteiger partial charge is 0.325 e. The maximum atomic E-state index is 12.4. The Hall–Kier alpha value is -2.90. The van der Waals surface area contributed by atoms with Crippen LogP contribution in [0, 0.1) is 5.41 Å². The van der Waals surface area contributed by atoms with Crippen molar-refractivity contribution in [2.24, 2.45) is 5.41 Å². The summed E-state index contributed by atoms with van der Waals surface area (Å²) in [6.45, 7) is 4.67. The van der Waals surface area contributed by atoms with Gasteiger partial charge in [0.1, 0.15) is 13.1 Å². The van der Waals surface area contributed by atoms with Crippen molar-refractivity contribution in [3.05, 3.63) is 35.4 Å². The molecule has 8 heteroatoms. The first-order valence-corrected chi connectivity index (χ1v) is 7.99. The number of nitrogens with one attached hydrogen (secondary N) is 1. The first-order chi connectivity index (χ1) is 12.0. The molecule has 2 amide bonds. The molecule has 1 aromatic rings. The van der Waals surface area contributed by atoms with Crippen LogP contribution >= 0.6 is 0 Å². The van der Waals surface area contributed by atoms with Crippen LogP contribution in [-0.2, 0) is 25.7 Å². The lowest BCUT2D eigenvalue weighted by Gasteiger charge is -2.20. The number of hydrogen-bond acceptors (Lipinski definition) is 5. The molecule has 0 saturated carbocycles. The lowest BCUT2D eigenvalue weighted by molar-refractivity contribution is -0.143. The molecule has 0 radical (unpaired) electrons. The SMILES string of the molecule is COC(=O)CN(CC(=O)O)C(=O)c1ccc(CNC(=O)C(C)(C)C)cc1. The van der Waals surface area contributed by atoms with E-state index in [-0.39, 0.29) is 11.5 Å². The fourth-order valence-electron chi connectivity index (χ4n) is 1.98. The molecule has 0 unspecified atom stereocenters. The van der Waals surface area contributed by atoms with E-state index in [0.29, 0.717) is 6.54 Å². The van der Waals surface area contributed by atoms with Crippen molar-refractivity contribution in [2.75, 3.05) is 20.2 Å². The third kappa shape index (κ3) is 6.54. The number of rotatable bonds is 7. The van der Waals surface area contributed by atoms with Crippen molar-refractivity contribution in [1.82, 2.24) is 10.2 Å². The molecular weight excluding hydrogens is 340 g/mol. The van der Waals surface area contributed by atoms with Gasteiger partial charge in [0.2, 0.25) is 5.91 Å². The zero-order valence-electron chi connectivity index (χ0n) is 15.4. The maximum Gasteiger partial charge on any atom is 0.325 e. The van der Waals surface area contributed by atoms with Gasteiger partial charge in [0.15, 0.2) is 0 Å². The Balaban J connectivity index is 2.81. The molecule has 0 bridgehead atoms. The van der Waals surface area contributed by atoms with Crippen molar-refractivity contribution in [1.29, 1.82) is 0 Å². The highest BCUT2D eigenvalue weighted by Crippen LogP contribution is 2.13. The highest BCUT2D eigenvalue weighted by Gasteiger charge is 2.22. The Morgan fingerprint density at radius 3 is 2.12 bits per heavy atom. The summed E-state index contributed by atoms with van der Waals surface area (Å²) in [5.41, 5.74) is 0.527. The molecule has 0 aliphatic carbocycles. The molecule has 142 valence electrons. The van der Waals surface area contributed by atoms with Crippen LogP contribution < -0.4 is 5.32 Å². The number of carbonyl (C=O) groups is 4. The lowest BCUT2D eigenvalue weighted by atomic mass is 9.95. The van der Waals surface area contributed by atoms with Gasteiger partial charge in [-0.1, -0.05) is 32.9 Å². The monoisotopic (exact) mass is 364 g/mol. The molecule has 0 spiro atoms. The van der Waals surface area contributed by atoms with Gasteiger partial charge in [-0.3, -0.25) is 19.2 Å². The number of hydrogen-bond donors (Lipinski definition) is 2. The van der Waals surface area contributed by atoms with Gasteiger partial charge in [-0.2, -0.15) is 0 Å². The van der Waals surface area contributed by atoms with Crippen LogP contribution in [0.15, 0.2) is 24.3 Å². The molecule has 0 atom stereocenters. The van der Waals surface area contributed by atoms with E-state index in [2.05, 4.69) is 10.1 Å². The molecule has 1 rings (SSSR count). The van der Waals surface area contributed by atoms with Crippen molar-refractivity contribution in [3.63, 3.8) is 0 Å². The minimum atomic E-state index is -1.23. The number of nitrogens with zero attached hydrogens (tertiary/aromatic N) is 1. The minimum Gasteiger partial charge on any atom is -0.480 e. The number of carbonyl (C=O) groups excluding carboxylic acids is 3. The first kappa shape index (κ1) is 21.1. The van der Waals surface area contributed by atoms with E-state index < -0.39 is 36.4 Å². The van der Waals surface area contributed by atoms with Gasteiger partial charge in [-0.25, -0.2) is 0 Å². The van der Waals surface area contributed by atoms with Crippen LogP contribution in [0.5, 0.6) is 0 Å². The quantitative estimate of drug-likeness (QED) is 0.699. The average molecular weight is 364 g/mol. The van der Waals surface area contributed by atoms with Crippen LogP contribution in [0.4, 0.5) is 0 Å². The second-order valence-corrected chi connectivity index (χ2v) is 6.76. The van der Waals surface area contributed by atoms with E-state index in [1.807, 2.05) is 20.8 Å². The zero-order valence-corrected chi connectivity index (χ0v) is 15.4. The van der Waals surface area contributed by atoms with Gasteiger partial charge in [0.25, 0.3) is 5.91 Å². The maximum absolute atomic E-state index is 12.4. The molecule has 0 fully saturated rings. The summed E-state index contributed by atoms with van der Waals surface area (Å²) in [7, 11) is 1.16. The molecule has 8 nitrogen and oxygen atoms in total. The molecule has 0 saturated heterocycles. The zero-order chi connectivity index (χ0) is 19.9. The normalized spacial score (nSPS) is 10.8. The second kappa shape index (κ2) is 8.98. The third-order valence-corrected chi connectivity index (χ3v) is 3.50. The Labute approximate surface area is 152 Å². The number of esters is 1. The fraction of sp³-hybridized carbons (Fsp3) is 0.444. The standard InChI is InChI=1S/C18H24N2O6/c1-18(2,3)17(25)19-9-12-5-7-13(8-6-12)16(24)20(10-14(21)22)11-15(23)26-4/h5-8H,9-11H2,1-4H3,(H,19,25)(H,21,22). The molecule has 0 aromatic heterocycles. The fourth-order valence-corrected chi connectivity index (χ4v) is 1.98. The van der Waals surface area contributed by atoms with Crippen molar-refractivity contribution in [2.45, 2.75) is 27.3 Å². The third-order valence-electron chi connectivity index (χ3n) is 3.50. The topological polar surface area (TPSA) is 113 Å². The summed E-state index contributed by atoms with van der Waals surface area (Å²) in [6.07, 6.45) is 0. The number of amides is 2. The Kier molecular flexibility index (Phi) is 7.30. The second-order valence-electron chi connectivity index (χ2n) is 6.76. The molecule has 0 aliphatic rings. The van der Waals surface area contributed by atoms with Gasteiger partial charge >= 0.3 is 11.9 Å². The number of ether oxygens (including phenoxy) is 1. The number of aliphatic carboxylic acids is 1. The van der Waals surface area contributed by atoms with E-state index in [0.717, 1.165) is 17.6 Å². The molecule has 2 N–H and O–H groups in total. The predicted octanol–water partition coefficient (Wildman–Crippen LogP) is 1.05. The largest absolute Gasteiger partial charge is 0.480 e. The molecule has 1 aromatic carbocycles. The Morgan fingerprint density at radius 2 is 1.65 bits per heavy atom. The summed E-state index contributed by atoms with van der Waals surface area (Å²) in [4.78, 5) is 47.5. The molecular formula is C18H24N2O6. The summed E-state index contributed by atoms with van der Waals surface area (Å²) in [5.74, 6) is -2.63. The number of methoxy groups -OCH3 is 1. The van der Waals surface area contributed by atoms with E-state index >= 15 is 0 Å². The summed E-state index contributed by atoms with van der Waals surface area (Å²) in [6, 6.07) is 6.36. The van der Waals surface area contributed by atoms with Gasteiger partial charge < -0.3 is 20.1 Å². The van der Waals surface area contributed by atoms with Crippen molar-refractivity contribution >= 4 is 23.8 Å². The van der Waals surface area contributed by atoms with Crippen LogP contribution in [0.2, 0.25) is 0 Å². The molecule has 0 heterocycles. The van der Waals surface area contributed by atoms with Crippen LogP contribution in [-0.4, -0.2) is 54.0 Å². The van der Waals surface area contributed by atoms with Crippen LogP contribution in [0.1, 0.15) is 36.7 Å². The molecule has 0 aliphatic heterocycles. The van der Waals surface area contributed by atoms with E-state index in [1.54, 1.807) is 12.1 Å². The summed E-state index contributed by atoms with van der Waals surface area (Å²) < 4.78 is 4.48. The number of benzene rings is 1. The van der Waals surface area contributed by atoms with Crippen molar-refractivity contribution in [3.8, 4) is 0 Å². The van der Waals surface area contributed by atoms with E-state index in [4.69, 9.17) is 5.11 Å². The highest BCUT2D eigenvalue weighted by atomic mass is 16.5. The minimum absolute atomic E-state index is 0.0941. The Morgan fingerprint density at radius 1 is 1.08 bits per heavy atom. The highest BCUT2D eigenvalue weighted by molar-refractivity contribution is 5.97. The van der Waals surface area contributed by atoms with Crippen LogP contribution in [0.25, 0.3) is 0 Å². The molecule has 26 heavy (non-hydrogen) atoms. The summed E-state index contributed by atoms with van der Waals surface area (Å²) in [5, 5.41) is 11.7. The van der Waals surface area contributed by atoms with Gasteiger partial charge in [0.05, 0.1) is 7.11 Å². The van der Waals surface area contributed by atoms with Gasteiger partial charge in [-0.05, 0) is 17.7 Å². The average Bonchev–Trinajstić information content (AvgIpc) is 2.57. The van der Waals surface area contributed by atoms with Crippen molar-refractivity contribution < 1.29 is 29.0 Å². The van der Waals surface area contributed by atoms with Gasteiger partial charge in [0, 0.05) is 17.5 Å². The van der Waals surface area contributed by atoms with Crippen LogP contribution in [0.3, 0.4) is 0 Å². The number of carboxylic acid groups (broad SMARTS) is 1. The number of carboxylic acids is 1.